The molecule has 0 aromatic carbocycles. The van der Waals surface area contributed by atoms with Gasteiger partial charge in [-0.3, -0.25) is 9.78 Å². The molecule has 1 saturated heterocycles. The third-order valence-electron chi connectivity index (χ3n) is 3.97. The highest BCUT2D eigenvalue weighted by atomic mass is 16.2. The van der Waals surface area contributed by atoms with E-state index in [1.54, 1.807) is 30.9 Å². The second-order valence-corrected chi connectivity index (χ2v) is 5.56. The standard InChI is InChI=1S/C16H20N6O/c1-2-15(23)22-8-3-5-12(11-22)13-9-20-14(10-19-13)21-16-17-6-4-7-18-16/h4,6-7,9-10,12H,2-3,5,8,11H2,1H3,(H,17,18,20,21). The van der Waals surface area contributed by atoms with Crippen LogP contribution >= 0.6 is 0 Å². The van der Waals surface area contributed by atoms with Crippen LogP contribution in [0.2, 0.25) is 0 Å². The molecule has 120 valence electrons. The summed E-state index contributed by atoms with van der Waals surface area (Å²) < 4.78 is 0. The van der Waals surface area contributed by atoms with E-state index in [0.29, 0.717) is 18.2 Å². The fourth-order valence-corrected chi connectivity index (χ4v) is 2.76. The number of piperidine rings is 1. The van der Waals surface area contributed by atoms with Crippen molar-refractivity contribution in [3.63, 3.8) is 0 Å². The van der Waals surface area contributed by atoms with Crippen molar-refractivity contribution >= 4 is 17.7 Å². The van der Waals surface area contributed by atoms with Crippen LogP contribution in [0.25, 0.3) is 0 Å². The number of hydrogen-bond donors (Lipinski definition) is 1. The second kappa shape index (κ2) is 7.13. The molecule has 7 heteroatoms. The predicted molar refractivity (Wildman–Crippen MR) is 86.2 cm³/mol. The van der Waals surface area contributed by atoms with Crippen LogP contribution in [0, 0.1) is 0 Å². The Morgan fingerprint density at radius 2 is 2.09 bits per heavy atom. The van der Waals surface area contributed by atoms with Crippen molar-refractivity contribution in [2.24, 2.45) is 0 Å². The van der Waals surface area contributed by atoms with Crippen LogP contribution in [-0.2, 0) is 4.79 Å². The average molecular weight is 312 g/mol. The van der Waals surface area contributed by atoms with Gasteiger partial charge in [0, 0.05) is 37.8 Å². The first-order valence-electron chi connectivity index (χ1n) is 7.90. The molecule has 0 bridgehead atoms. The average Bonchev–Trinajstić information content (AvgIpc) is 2.62. The minimum atomic E-state index is 0.210. The molecule has 1 amide bonds. The maximum Gasteiger partial charge on any atom is 0.228 e. The van der Waals surface area contributed by atoms with E-state index < -0.39 is 0 Å². The number of carbonyl (C=O) groups excluding carboxylic acids is 1. The summed E-state index contributed by atoms with van der Waals surface area (Å²) in [6, 6.07) is 1.76. The van der Waals surface area contributed by atoms with E-state index in [-0.39, 0.29) is 11.8 Å². The summed E-state index contributed by atoms with van der Waals surface area (Å²) in [4.78, 5) is 30.9. The van der Waals surface area contributed by atoms with Gasteiger partial charge in [-0.2, -0.15) is 0 Å². The zero-order chi connectivity index (χ0) is 16.1. The fourth-order valence-electron chi connectivity index (χ4n) is 2.76. The summed E-state index contributed by atoms with van der Waals surface area (Å²) in [5.74, 6) is 1.57. The summed E-state index contributed by atoms with van der Waals surface area (Å²) in [6.07, 6.45) is 9.39. The summed E-state index contributed by atoms with van der Waals surface area (Å²) in [7, 11) is 0. The molecule has 1 N–H and O–H groups in total. The van der Waals surface area contributed by atoms with Gasteiger partial charge in [-0.25, -0.2) is 15.0 Å². The lowest BCUT2D eigenvalue weighted by Gasteiger charge is -2.32. The van der Waals surface area contributed by atoms with Crippen LogP contribution in [-0.4, -0.2) is 43.8 Å². The fraction of sp³-hybridized carbons (Fsp3) is 0.438. The second-order valence-electron chi connectivity index (χ2n) is 5.56. The van der Waals surface area contributed by atoms with Crippen LogP contribution in [0.15, 0.2) is 30.9 Å². The number of rotatable bonds is 4. The molecule has 2 aromatic rings. The van der Waals surface area contributed by atoms with Crippen molar-refractivity contribution in [2.75, 3.05) is 18.4 Å². The number of likely N-dealkylation sites (tertiary alicyclic amines) is 1. The van der Waals surface area contributed by atoms with Crippen molar-refractivity contribution < 1.29 is 4.79 Å². The van der Waals surface area contributed by atoms with Gasteiger partial charge in [0.1, 0.15) is 0 Å². The smallest absolute Gasteiger partial charge is 0.228 e. The summed E-state index contributed by atoms with van der Waals surface area (Å²) >= 11 is 0. The molecule has 0 aliphatic carbocycles. The molecule has 1 aliphatic rings. The van der Waals surface area contributed by atoms with Gasteiger partial charge in [0.2, 0.25) is 11.9 Å². The van der Waals surface area contributed by atoms with Crippen LogP contribution < -0.4 is 5.32 Å². The van der Waals surface area contributed by atoms with Crippen LogP contribution in [0.3, 0.4) is 0 Å². The summed E-state index contributed by atoms with van der Waals surface area (Å²) in [5, 5.41) is 3.01. The number of anilines is 2. The van der Waals surface area contributed by atoms with Crippen molar-refractivity contribution in [1.29, 1.82) is 0 Å². The highest BCUT2D eigenvalue weighted by molar-refractivity contribution is 5.76. The van der Waals surface area contributed by atoms with Gasteiger partial charge in [-0.1, -0.05) is 6.92 Å². The van der Waals surface area contributed by atoms with Gasteiger partial charge < -0.3 is 10.2 Å². The third kappa shape index (κ3) is 3.80. The molecule has 0 radical (unpaired) electrons. The topological polar surface area (TPSA) is 83.9 Å². The molecular formula is C16H20N6O. The van der Waals surface area contributed by atoms with Gasteiger partial charge in [0.15, 0.2) is 5.82 Å². The molecular weight excluding hydrogens is 292 g/mol. The Kier molecular flexibility index (Phi) is 4.75. The monoisotopic (exact) mass is 312 g/mol. The van der Waals surface area contributed by atoms with Gasteiger partial charge >= 0.3 is 0 Å². The van der Waals surface area contributed by atoms with Crippen LogP contribution in [0.1, 0.15) is 37.8 Å². The molecule has 0 spiro atoms. The molecule has 1 aliphatic heterocycles. The van der Waals surface area contributed by atoms with E-state index in [4.69, 9.17) is 0 Å². The van der Waals surface area contributed by atoms with Gasteiger partial charge in [0.05, 0.1) is 18.1 Å². The number of nitrogens with zero attached hydrogens (tertiary/aromatic N) is 5. The third-order valence-corrected chi connectivity index (χ3v) is 3.97. The van der Waals surface area contributed by atoms with E-state index in [0.717, 1.165) is 31.6 Å². The summed E-state index contributed by atoms with van der Waals surface area (Å²) in [5.41, 5.74) is 0.929. The van der Waals surface area contributed by atoms with Crippen molar-refractivity contribution in [3.8, 4) is 0 Å². The largest absolute Gasteiger partial charge is 0.342 e. The predicted octanol–water partition coefficient (Wildman–Crippen LogP) is 2.13. The maximum absolute atomic E-state index is 11.9. The Labute approximate surface area is 135 Å². The number of nitrogens with one attached hydrogen (secondary N) is 1. The lowest BCUT2D eigenvalue weighted by atomic mass is 9.95. The van der Waals surface area contributed by atoms with E-state index in [1.165, 1.54) is 0 Å². The minimum Gasteiger partial charge on any atom is -0.342 e. The van der Waals surface area contributed by atoms with Gasteiger partial charge in [-0.15, -0.1) is 0 Å². The number of amides is 1. The highest BCUT2D eigenvalue weighted by Gasteiger charge is 2.24. The van der Waals surface area contributed by atoms with E-state index in [9.17, 15) is 4.79 Å². The van der Waals surface area contributed by atoms with Crippen LogP contribution in [0.5, 0.6) is 0 Å². The first kappa shape index (κ1) is 15.3. The number of aromatic nitrogens is 4. The molecule has 3 heterocycles. The summed E-state index contributed by atoms with van der Waals surface area (Å²) in [6.45, 7) is 3.48. The van der Waals surface area contributed by atoms with Gasteiger partial charge in [0.25, 0.3) is 0 Å². The molecule has 3 rings (SSSR count). The maximum atomic E-state index is 11.9. The van der Waals surface area contributed by atoms with Gasteiger partial charge in [-0.05, 0) is 18.9 Å². The van der Waals surface area contributed by atoms with Crippen LogP contribution in [0.4, 0.5) is 11.8 Å². The lowest BCUT2D eigenvalue weighted by molar-refractivity contribution is -0.132. The Bertz CT molecular complexity index is 645. The van der Waals surface area contributed by atoms with E-state index in [1.807, 2.05) is 11.8 Å². The first-order chi connectivity index (χ1) is 11.3. The Morgan fingerprint density at radius 3 is 2.78 bits per heavy atom. The zero-order valence-corrected chi connectivity index (χ0v) is 13.1. The van der Waals surface area contributed by atoms with Crippen molar-refractivity contribution in [1.82, 2.24) is 24.8 Å². The molecule has 1 fully saturated rings. The SMILES string of the molecule is CCC(=O)N1CCCC(c2cnc(Nc3ncccn3)cn2)C1. The van der Waals surface area contributed by atoms with E-state index in [2.05, 4.69) is 25.3 Å². The molecule has 7 nitrogen and oxygen atoms in total. The Balaban J connectivity index is 1.66. The highest BCUT2D eigenvalue weighted by Crippen LogP contribution is 2.25. The number of hydrogen-bond acceptors (Lipinski definition) is 6. The normalized spacial score (nSPS) is 17.8. The number of carbonyl (C=O) groups is 1. The quantitative estimate of drug-likeness (QED) is 0.931. The lowest BCUT2D eigenvalue weighted by Crippen LogP contribution is -2.38. The zero-order valence-electron chi connectivity index (χ0n) is 13.1. The molecule has 23 heavy (non-hydrogen) atoms. The Morgan fingerprint density at radius 1 is 1.26 bits per heavy atom. The molecule has 1 atom stereocenters. The first-order valence-corrected chi connectivity index (χ1v) is 7.90. The minimum absolute atomic E-state index is 0.210. The van der Waals surface area contributed by atoms with Crippen molar-refractivity contribution in [3.05, 3.63) is 36.5 Å². The Hall–Kier alpha value is -2.57. The molecule has 0 saturated carbocycles. The molecule has 2 aromatic heterocycles. The van der Waals surface area contributed by atoms with E-state index >= 15 is 0 Å². The van der Waals surface area contributed by atoms with Crippen molar-refractivity contribution in [2.45, 2.75) is 32.1 Å². The molecule has 1 unspecified atom stereocenters.